The van der Waals surface area contributed by atoms with Gasteiger partial charge in [0.25, 0.3) is 5.91 Å². The summed E-state index contributed by atoms with van der Waals surface area (Å²) in [7, 11) is 3.39. The number of furan rings is 1. The van der Waals surface area contributed by atoms with Crippen molar-refractivity contribution in [3.63, 3.8) is 0 Å². The number of nitrogens with one attached hydrogen (secondary N) is 2. The Labute approximate surface area is 118 Å². The van der Waals surface area contributed by atoms with Gasteiger partial charge in [0, 0.05) is 33.1 Å². The zero-order chi connectivity index (χ0) is 14.5. The molecule has 110 valence electrons. The number of hydrogen-bond donors (Lipinski definition) is 2. The van der Waals surface area contributed by atoms with Crippen molar-refractivity contribution in [2.24, 2.45) is 0 Å². The largest absolute Gasteiger partial charge is 0.455 e. The first kappa shape index (κ1) is 14.6. The first-order valence-electron chi connectivity index (χ1n) is 6.86. The van der Waals surface area contributed by atoms with Crippen LogP contribution in [0.5, 0.6) is 0 Å². The first-order chi connectivity index (χ1) is 9.56. The molecule has 0 aromatic carbocycles. The third-order valence-corrected chi connectivity index (χ3v) is 3.38. The van der Waals surface area contributed by atoms with Crippen molar-refractivity contribution in [1.82, 2.24) is 15.5 Å². The molecule has 0 aliphatic carbocycles. The van der Waals surface area contributed by atoms with Gasteiger partial charge in [0.15, 0.2) is 5.76 Å². The van der Waals surface area contributed by atoms with Gasteiger partial charge in [-0.3, -0.25) is 9.59 Å². The zero-order valence-electron chi connectivity index (χ0n) is 11.9. The fraction of sp³-hybridized carbons (Fsp3) is 0.571. The molecular formula is C14H21N3O3. The van der Waals surface area contributed by atoms with E-state index in [2.05, 4.69) is 10.6 Å². The van der Waals surface area contributed by atoms with Gasteiger partial charge in [-0.2, -0.15) is 0 Å². The molecule has 1 aliphatic rings. The predicted molar refractivity (Wildman–Crippen MR) is 74.2 cm³/mol. The molecule has 2 N–H and O–H groups in total. The van der Waals surface area contributed by atoms with Crippen LogP contribution in [0.3, 0.4) is 0 Å². The molecule has 0 radical (unpaired) electrons. The van der Waals surface area contributed by atoms with Crippen molar-refractivity contribution < 1.29 is 14.0 Å². The number of amides is 2. The Hall–Kier alpha value is -1.82. The highest BCUT2D eigenvalue weighted by Gasteiger charge is 2.17. The molecule has 0 saturated carbocycles. The van der Waals surface area contributed by atoms with Crippen LogP contribution in [0.25, 0.3) is 0 Å². The molecule has 0 unspecified atom stereocenters. The van der Waals surface area contributed by atoms with Crippen molar-refractivity contribution in [3.05, 3.63) is 23.7 Å². The number of carbonyl (C=O) groups is 2. The molecule has 2 amide bonds. The summed E-state index contributed by atoms with van der Waals surface area (Å²) in [5.74, 6) is 1.06. The van der Waals surface area contributed by atoms with E-state index in [1.54, 1.807) is 20.2 Å². The molecule has 6 nitrogen and oxygen atoms in total. The quantitative estimate of drug-likeness (QED) is 0.852. The molecule has 6 heteroatoms. The lowest BCUT2D eigenvalue weighted by molar-refractivity contribution is -0.120. The Balaban J connectivity index is 1.85. The van der Waals surface area contributed by atoms with Crippen LogP contribution in [-0.2, 0) is 11.3 Å². The standard InChI is InChI=1S/C14H21N3O3/c1-17(2)14(19)12-5-4-11(20-12)9-16-10-3-6-13(18)15-8-7-10/h4-5,10,16H,3,6-9H2,1-2H3,(H,15,18)/t10-/m1/s1. The van der Waals surface area contributed by atoms with Crippen LogP contribution in [0.1, 0.15) is 35.6 Å². The maximum atomic E-state index is 11.7. The van der Waals surface area contributed by atoms with E-state index in [0.29, 0.717) is 31.3 Å². The van der Waals surface area contributed by atoms with Gasteiger partial charge in [-0.15, -0.1) is 0 Å². The maximum absolute atomic E-state index is 11.7. The van der Waals surface area contributed by atoms with E-state index >= 15 is 0 Å². The van der Waals surface area contributed by atoms with E-state index in [0.717, 1.165) is 18.6 Å². The molecule has 1 fully saturated rings. The van der Waals surface area contributed by atoms with Crippen molar-refractivity contribution in [2.45, 2.75) is 31.8 Å². The summed E-state index contributed by atoms with van der Waals surface area (Å²) in [6, 6.07) is 3.80. The van der Waals surface area contributed by atoms with Gasteiger partial charge < -0.3 is 20.0 Å². The Morgan fingerprint density at radius 2 is 2.25 bits per heavy atom. The summed E-state index contributed by atoms with van der Waals surface area (Å²) in [5, 5.41) is 6.22. The third-order valence-electron chi connectivity index (χ3n) is 3.38. The lowest BCUT2D eigenvalue weighted by Crippen LogP contribution is -2.29. The van der Waals surface area contributed by atoms with Crippen LogP contribution in [0.15, 0.2) is 16.5 Å². The molecule has 2 rings (SSSR count). The van der Waals surface area contributed by atoms with Crippen LogP contribution in [0.2, 0.25) is 0 Å². The molecule has 1 aliphatic heterocycles. The van der Waals surface area contributed by atoms with Crippen LogP contribution >= 0.6 is 0 Å². The highest BCUT2D eigenvalue weighted by atomic mass is 16.4. The average Bonchev–Trinajstić information content (AvgIpc) is 2.79. The third kappa shape index (κ3) is 3.84. The van der Waals surface area contributed by atoms with Crippen LogP contribution in [0.4, 0.5) is 0 Å². The summed E-state index contributed by atoms with van der Waals surface area (Å²) in [4.78, 5) is 24.4. The molecule has 1 aromatic rings. The van der Waals surface area contributed by atoms with Gasteiger partial charge >= 0.3 is 0 Å². The second-order valence-electron chi connectivity index (χ2n) is 5.22. The second kappa shape index (κ2) is 6.56. The smallest absolute Gasteiger partial charge is 0.289 e. The Kier molecular flexibility index (Phi) is 4.79. The monoisotopic (exact) mass is 279 g/mol. The highest BCUT2D eigenvalue weighted by Crippen LogP contribution is 2.11. The second-order valence-corrected chi connectivity index (χ2v) is 5.22. The molecule has 2 heterocycles. The molecular weight excluding hydrogens is 258 g/mol. The molecule has 20 heavy (non-hydrogen) atoms. The Morgan fingerprint density at radius 1 is 1.45 bits per heavy atom. The van der Waals surface area contributed by atoms with Crippen LogP contribution < -0.4 is 10.6 Å². The van der Waals surface area contributed by atoms with E-state index in [1.807, 2.05) is 6.07 Å². The van der Waals surface area contributed by atoms with Gasteiger partial charge in [-0.05, 0) is 25.0 Å². The molecule has 1 atom stereocenters. The summed E-state index contributed by atoms with van der Waals surface area (Å²) in [5.41, 5.74) is 0. The van der Waals surface area contributed by atoms with Gasteiger partial charge in [-0.25, -0.2) is 0 Å². The highest BCUT2D eigenvalue weighted by molar-refractivity contribution is 5.91. The van der Waals surface area contributed by atoms with Crippen LogP contribution in [0, 0.1) is 0 Å². The minimum absolute atomic E-state index is 0.117. The molecule has 0 spiro atoms. The normalized spacial score (nSPS) is 19.3. The lowest BCUT2D eigenvalue weighted by atomic mass is 10.1. The summed E-state index contributed by atoms with van der Waals surface area (Å²) in [6.07, 6.45) is 2.30. The van der Waals surface area contributed by atoms with Crippen molar-refractivity contribution in [1.29, 1.82) is 0 Å². The van der Waals surface area contributed by atoms with E-state index in [1.165, 1.54) is 4.90 Å². The molecule has 0 bridgehead atoms. The van der Waals surface area contributed by atoms with E-state index in [-0.39, 0.29) is 11.8 Å². The van der Waals surface area contributed by atoms with Crippen molar-refractivity contribution in [2.75, 3.05) is 20.6 Å². The first-order valence-corrected chi connectivity index (χ1v) is 6.86. The zero-order valence-corrected chi connectivity index (χ0v) is 11.9. The fourth-order valence-corrected chi connectivity index (χ4v) is 2.18. The minimum Gasteiger partial charge on any atom is -0.455 e. The average molecular weight is 279 g/mol. The Bertz CT molecular complexity index is 482. The number of rotatable bonds is 4. The van der Waals surface area contributed by atoms with Gasteiger partial charge in [0.2, 0.25) is 5.91 Å². The number of carbonyl (C=O) groups excluding carboxylic acids is 2. The minimum atomic E-state index is -0.138. The summed E-state index contributed by atoms with van der Waals surface area (Å²) >= 11 is 0. The number of hydrogen-bond acceptors (Lipinski definition) is 4. The van der Waals surface area contributed by atoms with Crippen molar-refractivity contribution in [3.8, 4) is 0 Å². The summed E-state index contributed by atoms with van der Waals surface area (Å²) in [6.45, 7) is 1.28. The SMILES string of the molecule is CN(C)C(=O)c1ccc(CN[C@H]2CCNC(=O)CC2)o1. The maximum Gasteiger partial charge on any atom is 0.289 e. The van der Waals surface area contributed by atoms with Gasteiger partial charge in [0.1, 0.15) is 5.76 Å². The molecule has 1 saturated heterocycles. The topological polar surface area (TPSA) is 74.6 Å². The van der Waals surface area contributed by atoms with E-state index < -0.39 is 0 Å². The summed E-state index contributed by atoms with van der Waals surface area (Å²) < 4.78 is 5.51. The lowest BCUT2D eigenvalue weighted by Gasteiger charge is -2.14. The predicted octanol–water partition coefficient (Wildman–Crippen LogP) is 0.740. The number of nitrogens with zero attached hydrogens (tertiary/aromatic N) is 1. The Morgan fingerprint density at radius 3 is 3.00 bits per heavy atom. The van der Waals surface area contributed by atoms with Crippen molar-refractivity contribution >= 4 is 11.8 Å². The van der Waals surface area contributed by atoms with Gasteiger partial charge in [0.05, 0.1) is 6.54 Å². The van der Waals surface area contributed by atoms with Crippen LogP contribution in [-0.4, -0.2) is 43.4 Å². The van der Waals surface area contributed by atoms with E-state index in [4.69, 9.17) is 4.42 Å². The molecule has 1 aromatic heterocycles. The fourth-order valence-electron chi connectivity index (χ4n) is 2.18. The van der Waals surface area contributed by atoms with E-state index in [9.17, 15) is 9.59 Å². The van der Waals surface area contributed by atoms with Gasteiger partial charge in [-0.1, -0.05) is 0 Å².